The van der Waals surface area contributed by atoms with Crippen molar-refractivity contribution in [3.63, 3.8) is 0 Å². The number of carbonyl (C=O) groups excluding carboxylic acids is 2. The first-order chi connectivity index (χ1) is 15.1. The lowest BCUT2D eigenvalue weighted by molar-refractivity contribution is -0.139. The van der Waals surface area contributed by atoms with E-state index in [4.69, 9.17) is 10.00 Å². The van der Waals surface area contributed by atoms with Gasteiger partial charge in [-0.15, -0.1) is 0 Å². The molecule has 0 aromatic heterocycles. The molecule has 3 aromatic rings. The highest BCUT2D eigenvalue weighted by atomic mass is 16.5. The maximum atomic E-state index is 12.6. The topological polar surface area (TPSA) is 70.4 Å². The van der Waals surface area contributed by atoms with Crippen molar-refractivity contribution in [2.45, 2.75) is 12.8 Å². The normalized spacial score (nSPS) is 15.5. The number of rotatable bonds is 6. The smallest absolute Gasteiger partial charge is 0.316 e. The second-order valence-corrected chi connectivity index (χ2v) is 7.61. The van der Waals surface area contributed by atoms with E-state index in [2.05, 4.69) is 6.07 Å². The third-order valence-corrected chi connectivity index (χ3v) is 5.48. The Morgan fingerprint density at radius 2 is 1.61 bits per heavy atom. The van der Waals surface area contributed by atoms with Crippen LogP contribution in [0.4, 0.5) is 0 Å². The Morgan fingerprint density at radius 3 is 2.26 bits per heavy atom. The molecule has 0 bridgehead atoms. The molecular weight excluding hydrogens is 388 g/mol. The van der Waals surface area contributed by atoms with Crippen LogP contribution in [0.5, 0.6) is 5.75 Å². The fourth-order valence-corrected chi connectivity index (χ4v) is 3.71. The van der Waals surface area contributed by atoms with Crippen LogP contribution in [-0.2, 0) is 16.0 Å². The van der Waals surface area contributed by atoms with E-state index in [0.717, 1.165) is 17.5 Å². The predicted octanol–water partition coefficient (Wildman–Crippen LogP) is 4.22. The van der Waals surface area contributed by atoms with E-state index < -0.39 is 5.92 Å². The van der Waals surface area contributed by atoms with Crippen molar-refractivity contribution in [2.24, 2.45) is 5.92 Å². The molecule has 0 spiro atoms. The fraction of sp³-hybridized carbons (Fsp3) is 0.192. The van der Waals surface area contributed by atoms with Gasteiger partial charge in [0, 0.05) is 19.5 Å². The Kier molecular flexibility index (Phi) is 6.09. The molecule has 1 fully saturated rings. The molecule has 1 aliphatic rings. The van der Waals surface area contributed by atoms with Crippen LogP contribution in [0.25, 0.3) is 11.1 Å². The van der Waals surface area contributed by atoms with Crippen molar-refractivity contribution in [1.29, 1.82) is 5.26 Å². The molecule has 4 rings (SSSR count). The van der Waals surface area contributed by atoms with E-state index in [1.165, 1.54) is 5.56 Å². The zero-order valence-electron chi connectivity index (χ0n) is 17.0. The lowest BCUT2D eigenvalue weighted by atomic mass is 10.0. The average Bonchev–Trinajstić information content (AvgIpc) is 3.19. The summed E-state index contributed by atoms with van der Waals surface area (Å²) < 4.78 is 5.52. The molecule has 1 amide bonds. The number of ether oxygens (including phenoxy) is 1. The van der Waals surface area contributed by atoms with Gasteiger partial charge in [0.05, 0.1) is 17.6 Å². The number of benzene rings is 3. The maximum absolute atomic E-state index is 12.6. The van der Waals surface area contributed by atoms with Crippen LogP contribution < -0.4 is 4.74 Å². The first-order valence-electron chi connectivity index (χ1n) is 10.3. The molecule has 0 radical (unpaired) electrons. The quantitative estimate of drug-likeness (QED) is 0.451. The fourth-order valence-electron chi connectivity index (χ4n) is 3.71. The predicted molar refractivity (Wildman–Crippen MR) is 117 cm³/mol. The summed E-state index contributed by atoms with van der Waals surface area (Å²) in [6.07, 6.45) is 0.960. The van der Waals surface area contributed by atoms with Gasteiger partial charge in [-0.05, 0) is 47.4 Å². The van der Waals surface area contributed by atoms with Gasteiger partial charge in [0.15, 0.2) is 0 Å². The molecule has 0 aliphatic carbocycles. The number of carbonyl (C=O) groups is 2. The molecule has 154 valence electrons. The number of hydrogen-bond acceptors (Lipinski definition) is 4. The summed E-state index contributed by atoms with van der Waals surface area (Å²) in [7, 11) is 0. The van der Waals surface area contributed by atoms with Crippen molar-refractivity contribution in [2.75, 3.05) is 13.1 Å². The lowest BCUT2D eigenvalue weighted by Gasteiger charge is -2.16. The Balaban J connectivity index is 1.32. The van der Waals surface area contributed by atoms with Crippen molar-refractivity contribution in [3.8, 4) is 22.9 Å². The van der Waals surface area contributed by atoms with E-state index in [1.54, 1.807) is 29.2 Å². The van der Waals surface area contributed by atoms with Crippen LogP contribution in [0.3, 0.4) is 0 Å². The number of amides is 1. The zero-order chi connectivity index (χ0) is 21.6. The van der Waals surface area contributed by atoms with Crippen LogP contribution in [0.15, 0.2) is 78.9 Å². The molecule has 1 saturated heterocycles. The van der Waals surface area contributed by atoms with E-state index in [-0.39, 0.29) is 18.3 Å². The van der Waals surface area contributed by atoms with Crippen molar-refractivity contribution >= 4 is 11.9 Å². The molecule has 3 aromatic carbocycles. The summed E-state index contributed by atoms with van der Waals surface area (Å²) in [6.45, 7) is 1.000. The summed E-state index contributed by atoms with van der Waals surface area (Å²) in [5.74, 6) is -0.366. The van der Waals surface area contributed by atoms with Crippen molar-refractivity contribution in [1.82, 2.24) is 4.90 Å². The Labute approximate surface area is 181 Å². The number of likely N-dealkylation sites (tertiary alicyclic amines) is 1. The number of hydrogen-bond donors (Lipinski definition) is 0. The second-order valence-electron chi connectivity index (χ2n) is 7.61. The summed E-state index contributed by atoms with van der Waals surface area (Å²) in [5, 5.41) is 8.90. The Hall–Kier alpha value is -3.91. The molecule has 1 atom stereocenters. The molecule has 5 nitrogen and oxygen atoms in total. The standard InChI is InChI=1S/C26H22N2O3/c27-17-20-6-8-21(9-7-20)22-10-12-24(13-11-22)31-26(30)23-16-25(29)28(18-23)15-14-19-4-2-1-3-5-19/h1-13,23H,14-16,18H2. The monoisotopic (exact) mass is 410 g/mol. The van der Waals surface area contributed by atoms with Crippen LogP contribution in [0.1, 0.15) is 17.5 Å². The van der Waals surface area contributed by atoms with Crippen molar-refractivity contribution < 1.29 is 14.3 Å². The molecule has 5 heteroatoms. The molecule has 1 heterocycles. The Bertz CT molecular complexity index is 1100. The van der Waals surface area contributed by atoms with Crippen LogP contribution >= 0.6 is 0 Å². The first-order valence-corrected chi connectivity index (χ1v) is 10.3. The molecule has 1 unspecified atom stereocenters. The number of nitriles is 1. The summed E-state index contributed by atoms with van der Waals surface area (Å²) in [5.41, 5.74) is 3.72. The lowest BCUT2D eigenvalue weighted by Crippen LogP contribution is -2.29. The van der Waals surface area contributed by atoms with Crippen molar-refractivity contribution in [3.05, 3.63) is 90.0 Å². The van der Waals surface area contributed by atoms with Crippen LogP contribution in [0, 0.1) is 17.2 Å². The van der Waals surface area contributed by atoms with Gasteiger partial charge in [-0.25, -0.2) is 0 Å². The molecular formula is C26H22N2O3. The van der Waals surface area contributed by atoms with Gasteiger partial charge in [-0.2, -0.15) is 5.26 Å². The highest BCUT2D eigenvalue weighted by molar-refractivity contribution is 5.87. The Morgan fingerprint density at radius 1 is 0.968 bits per heavy atom. The van der Waals surface area contributed by atoms with Gasteiger partial charge in [0.25, 0.3) is 0 Å². The zero-order valence-corrected chi connectivity index (χ0v) is 17.0. The highest BCUT2D eigenvalue weighted by Crippen LogP contribution is 2.25. The summed E-state index contributed by atoms with van der Waals surface area (Å²) >= 11 is 0. The molecule has 0 N–H and O–H groups in total. The molecule has 31 heavy (non-hydrogen) atoms. The maximum Gasteiger partial charge on any atom is 0.316 e. The van der Waals surface area contributed by atoms with Gasteiger partial charge >= 0.3 is 5.97 Å². The van der Waals surface area contributed by atoms with E-state index in [1.807, 2.05) is 54.6 Å². The second kappa shape index (κ2) is 9.27. The van der Waals surface area contributed by atoms with Gasteiger partial charge in [0.1, 0.15) is 5.75 Å². The number of esters is 1. The summed E-state index contributed by atoms with van der Waals surface area (Å²) in [4.78, 5) is 26.6. The van der Waals surface area contributed by atoms with E-state index >= 15 is 0 Å². The van der Waals surface area contributed by atoms with Gasteiger partial charge < -0.3 is 9.64 Å². The third-order valence-electron chi connectivity index (χ3n) is 5.48. The van der Waals surface area contributed by atoms with Gasteiger partial charge in [-0.3, -0.25) is 9.59 Å². The van der Waals surface area contributed by atoms with Gasteiger partial charge in [-0.1, -0.05) is 54.6 Å². The minimum absolute atomic E-state index is 0.00551. The summed E-state index contributed by atoms with van der Waals surface area (Å²) in [6, 6.07) is 26.6. The SMILES string of the molecule is N#Cc1ccc(-c2ccc(OC(=O)C3CC(=O)N(CCc4ccccc4)C3)cc2)cc1. The average molecular weight is 410 g/mol. The number of nitrogens with zero attached hydrogens (tertiary/aromatic N) is 2. The largest absolute Gasteiger partial charge is 0.426 e. The minimum Gasteiger partial charge on any atom is -0.426 e. The highest BCUT2D eigenvalue weighted by Gasteiger charge is 2.35. The molecule has 1 aliphatic heterocycles. The molecule has 0 saturated carbocycles. The van der Waals surface area contributed by atoms with E-state index in [9.17, 15) is 9.59 Å². The first kappa shape index (κ1) is 20.4. The van der Waals surface area contributed by atoms with E-state index in [0.29, 0.717) is 24.4 Å². The third kappa shape index (κ3) is 4.99. The van der Waals surface area contributed by atoms with Gasteiger partial charge in [0.2, 0.25) is 5.91 Å². The minimum atomic E-state index is -0.443. The van der Waals surface area contributed by atoms with Crippen LogP contribution in [-0.4, -0.2) is 29.9 Å². The van der Waals surface area contributed by atoms with Crippen LogP contribution in [0.2, 0.25) is 0 Å².